The Bertz CT molecular complexity index is 638. The Morgan fingerprint density at radius 3 is 2.46 bits per heavy atom. The molecule has 1 aromatic heterocycles. The summed E-state index contributed by atoms with van der Waals surface area (Å²) in [5, 5.41) is 4.13. The lowest BCUT2D eigenvalue weighted by molar-refractivity contribution is 0.222. The maximum absolute atomic E-state index is 5.44. The van der Waals surface area contributed by atoms with Gasteiger partial charge in [-0.15, -0.1) is 0 Å². The Hall–Kier alpha value is -1.72. The van der Waals surface area contributed by atoms with Crippen molar-refractivity contribution in [1.82, 2.24) is 19.9 Å². The van der Waals surface area contributed by atoms with Gasteiger partial charge in [0, 0.05) is 26.1 Å². The molecule has 2 aromatic rings. The fraction of sp³-hybridized carbons (Fsp3) is 0.579. The zero-order valence-electron chi connectivity index (χ0n) is 14.2. The van der Waals surface area contributed by atoms with Crippen LogP contribution in [0, 0.1) is 5.92 Å². The fourth-order valence-corrected chi connectivity index (χ4v) is 3.39. The van der Waals surface area contributed by atoms with Gasteiger partial charge >= 0.3 is 0 Å². The molecule has 2 aliphatic rings. The average Bonchev–Trinajstić information content (AvgIpc) is 3.34. The first-order chi connectivity index (χ1) is 11.8. The molecule has 2 fully saturated rings. The molecule has 1 aliphatic carbocycles. The van der Waals surface area contributed by atoms with Crippen molar-refractivity contribution in [2.75, 3.05) is 26.2 Å². The summed E-state index contributed by atoms with van der Waals surface area (Å²) in [7, 11) is 0. The molecule has 1 saturated heterocycles. The van der Waals surface area contributed by atoms with Gasteiger partial charge in [0.1, 0.15) is 0 Å². The molecule has 0 spiro atoms. The molecule has 0 amide bonds. The fourth-order valence-electron chi connectivity index (χ4n) is 3.39. The van der Waals surface area contributed by atoms with E-state index in [1.807, 2.05) is 0 Å². The van der Waals surface area contributed by atoms with E-state index in [0.29, 0.717) is 0 Å². The van der Waals surface area contributed by atoms with Crippen LogP contribution in [0.5, 0.6) is 0 Å². The molecule has 0 bridgehead atoms. The molecular formula is C19H26N4O. The van der Waals surface area contributed by atoms with Crippen LogP contribution in [0.2, 0.25) is 0 Å². The number of hydrogen-bond acceptors (Lipinski definition) is 5. The quantitative estimate of drug-likeness (QED) is 0.817. The summed E-state index contributed by atoms with van der Waals surface area (Å²) >= 11 is 0. The second-order valence-electron chi connectivity index (χ2n) is 7.14. The highest BCUT2D eigenvalue weighted by Gasteiger charge is 2.24. The standard InChI is InChI=1S/C19H26N4O/c1-2-5-17(6-3-1)14-22-9-4-10-23(12-11-22)15-19-20-18(21-24-19)13-16-7-8-16/h1-3,5-6,16H,4,7-15H2. The Morgan fingerprint density at radius 1 is 0.958 bits per heavy atom. The molecule has 0 unspecified atom stereocenters. The third-order valence-electron chi connectivity index (χ3n) is 4.97. The van der Waals surface area contributed by atoms with Crippen molar-refractivity contribution >= 4 is 0 Å². The molecule has 1 aliphatic heterocycles. The minimum atomic E-state index is 0.780. The van der Waals surface area contributed by atoms with Gasteiger partial charge in [-0.1, -0.05) is 35.5 Å². The summed E-state index contributed by atoms with van der Waals surface area (Å²) < 4.78 is 5.44. The van der Waals surface area contributed by atoms with Gasteiger partial charge in [0.25, 0.3) is 0 Å². The summed E-state index contributed by atoms with van der Waals surface area (Å²) in [6.07, 6.45) is 4.84. The summed E-state index contributed by atoms with van der Waals surface area (Å²) in [6, 6.07) is 10.7. The largest absolute Gasteiger partial charge is 0.338 e. The minimum absolute atomic E-state index is 0.780. The molecule has 4 rings (SSSR count). The van der Waals surface area contributed by atoms with E-state index in [2.05, 4.69) is 50.3 Å². The molecule has 1 aromatic carbocycles. The molecule has 0 atom stereocenters. The topological polar surface area (TPSA) is 45.4 Å². The molecule has 2 heterocycles. The summed E-state index contributed by atoms with van der Waals surface area (Å²) in [4.78, 5) is 9.56. The Morgan fingerprint density at radius 2 is 1.71 bits per heavy atom. The number of rotatable bonds is 6. The predicted molar refractivity (Wildman–Crippen MR) is 92.3 cm³/mol. The maximum Gasteiger partial charge on any atom is 0.240 e. The highest BCUT2D eigenvalue weighted by Crippen LogP contribution is 2.31. The lowest BCUT2D eigenvalue weighted by Crippen LogP contribution is -2.30. The zero-order chi connectivity index (χ0) is 16.2. The van der Waals surface area contributed by atoms with Crippen LogP contribution in [0.3, 0.4) is 0 Å². The number of benzene rings is 1. The minimum Gasteiger partial charge on any atom is -0.338 e. The van der Waals surface area contributed by atoms with Crippen LogP contribution < -0.4 is 0 Å². The van der Waals surface area contributed by atoms with Gasteiger partial charge in [-0.2, -0.15) is 4.98 Å². The van der Waals surface area contributed by atoms with E-state index in [0.717, 1.165) is 63.3 Å². The van der Waals surface area contributed by atoms with Gasteiger partial charge in [-0.3, -0.25) is 9.80 Å². The summed E-state index contributed by atoms with van der Waals surface area (Å²) in [5.41, 5.74) is 1.40. The third-order valence-corrected chi connectivity index (χ3v) is 4.97. The van der Waals surface area contributed by atoms with Gasteiger partial charge in [0.15, 0.2) is 5.82 Å². The smallest absolute Gasteiger partial charge is 0.240 e. The van der Waals surface area contributed by atoms with Crippen LogP contribution in [0.25, 0.3) is 0 Å². The van der Waals surface area contributed by atoms with Gasteiger partial charge in [0.05, 0.1) is 6.54 Å². The van der Waals surface area contributed by atoms with Crippen LogP contribution in [-0.4, -0.2) is 46.1 Å². The molecule has 5 nitrogen and oxygen atoms in total. The van der Waals surface area contributed by atoms with Crippen molar-refractivity contribution in [2.45, 2.75) is 38.8 Å². The molecule has 1 saturated carbocycles. The highest BCUT2D eigenvalue weighted by molar-refractivity contribution is 5.14. The van der Waals surface area contributed by atoms with Crippen LogP contribution in [0.4, 0.5) is 0 Å². The van der Waals surface area contributed by atoms with Gasteiger partial charge in [-0.05, 0) is 43.8 Å². The second kappa shape index (κ2) is 7.45. The first-order valence-corrected chi connectivity index (χ1v) is 9.15. The monoisotopic (exact) mass is 326 g/mol. The van der Waals surface area contributed by atoms with E-state index < -0.39 is 0 Å². The lowest BCUT2D eigenvalue weighted by atomic mass is 10.2. The Kier molecular flexibility index (Phi) is 4.90. The molecule has 24 heavy (non-hydrogen) atoms. The molecule has 5 heteroatoms. The normalized spacial score (nSPS) is 20.2. The van der Waals surface area contributed by atoms with Crippen molar-refractivity contribution in [3.05, 3.63) is 47.6 Å². The van der Waals surface area contributed by atoms with Gasteiger partial charge in [0.2, 0.25) is 5.89 Å². The lowest BCUT2D eigenvalue weighted by Gasteiger charge is -2.20. The van der Waals surface area contributed by atoms with E-state index in [-0.39, 0.29) is 0 Å². The van der Waals surface area contributed by atoms with E-state index in [4.69, 9.17) is 4.52 Å². The van der Waals surface area contributed by atoms with Crippen LogP contribution in [0.1, 0.15) is 36.5 Å². The van der Waals surface area contributed by atoms with Crippen LogP contribution in [-0.2, 0) is 19.5 Å². The molecular weight excluding hydrogens is 300 g/mol. The molecule has 128 valence electrons. The zero-order valence-corrected chi connectivity index (χ0v) is 14.2. The number of nitrogens with zero attached hydrogens (tertiary/aromatic N) is 4. The van der Waals surface area contributed by atoms with E-state index in [1.54, 1.807) is 0 Å². The summed E-state index contributed by atoms with van der Waals surface area (Å²) in [5.74, 6) is 2.48. The van der Waals surface area contributed by atoms with E-state index in [9.17, 15) is 0 Å². The van der Waals surface area contributed by atoms with E-state index in [1.165, 1.54) is 24.8 Å². The predicted octanol–water partition coefficient (Wildman–Crippen LogP) is 2.73. The second-order valence-corrected chi connectivity index (χ2v) is 7.14. The highest BCUT2D eigenvalue weighted by atomic mass is 16.5. The van der Waals surface area contributed by atoms with Gasteiger partial charge in [-0.25, -0.2) is 0 Å². The SMILES string of the molecule is c1ccc(CN2CCCN(Cc3nc(CC4CC4)no3)CC2)cc1. The van der Waals surface area contributed by atoms with Crippen molar-refractivity contribution in [2.24, 2.45) is 5.92 Å². The van der Waals surface area contributed by atoms with E-state index >= 15 is 0 Å². The van der Waals surface area contributed by atoms with Crippen molar-refractivity contribution < 1.29 is 4.52 Å². The van der Waals surface area contributed by atoms with Gasteiger partial charge < -0.3 is 4.52 Å². The first kappa shape index (κ1) is 15.8. The first-order valence-electron chi connectivity index (χ1n) is 9.15. The van der Waals surface area contributed by atoms with Crippen molar-refractivity contribution in [3.8, 4) is 0 Å². The Balaban J connectivity index is 1.27. The summed E-state index contributed by atoms with van der Waals surface area (Å²) in [6.45, 7) is 6.25. The number of hydrogen-bond donors (Lipinski definition) is 0. The van der Waals surface area contributed by atoms with Crippen LogP contribution >= 0.6 is 0 Å². The molecule has 0 N–H and O–H groups in total. The molecule has 0 radical (unpaired) electrons. The Labute approximate surface area is 143 Å². The number of aromatic nitrogens is 2. The average molecular weight is 326 g/mol. The van der Waals surface area contributed by atoms with Crippen LogP contribution in [0.15, 0.2) is 34.9 Å². The van der Waals surface area contributed by atoms with Crippen molar-refractivity contribution in [3.63, 3.8) is 0 Å². The maximum atomic E-state index is 5.44. The third kappa shape index (κ3) is 4.42. The van der Waals surface area contributed by atoms with Crippen molar-refractivity contribution in [1.29, 1.82) is 0 Å².